The molecular formula is C11H23NO. The molecule has 1 saturated heterocycles. The summed E-state index contributed by atoms with van der Waals surface area (Å²) in [5.74, 6) is 0.404. The minimum atomic E-state index is -0.555. The second-order valence-electron chi connectivity index (χ2n) is 5.44. The van der Waals surface area contributed by atoms with Crippen molar-refractivity contribution < 1.29 is 5.11 Å². The van der Waals surface area contributed by atoms with Gasteiger partial charge in [0.1, 0.15) is 0 Å². The van der Waals surface area contributed by atoms with Gasteiger partial charge < -0.3 is 10.4 Å². The second kappa shape index (κ2) is 3.58. The van der Waals surface area contributed by atoms with E-state index in [-0.39, 0.29) is 5.41 Å². The largest absolute Gasteiger partial charge is 0.389 e. The maximum absolute atomic E-state index is 10.4. The molecule has 0 aromatic heterocycles. The molecule has 0 aromatic carbocycles. The van der Waals surface area contributed by atoms with Gasteiger partial charge in [-0.1, -0.05) is 20.8 Å². The summed E-state index contributed by atoms with van der Waals surface area (Å²) in [4.78, 5) is 0. The van der Waals surface area contributed by atoms with E-state index in [1.54, 1.807) is 0 Å². The molecule has 2 N–H and O–H groups in total. The highest BCUT2D eigenvalue weighted by molar-refractivity contribution is 4.94. The molecule has 2 heteroatoms. The lowest BCUT2D eigenvalue weighted by Crippen LogP contribution is -2.51. The van der Waals surface area contributed by atoms with E-state index in [4.69, 9.17) is 0 Å². The highest BCUT2D eigenvalue weighted by Crippen LogP contribution is 2.38. The van der Waals surface area contributed by atoms with Crippen molar-refractivity contribution in [2.75, 3.05) is 13.1 Å². The summed E-state index contributed by atoms with van der Waals surface area (Å²) in [6, 6.07) is 0. The van der Waals surface area contributed by atoms with Crippen molar-refractivity contribution in [3.05, 3.63) is 0 Å². The van der Waals surface area contributed by atoms with Crippen LogP contribution in [-0.2, 0) is 0 Å². The topological polar surface area (TPSA) is 32.3 Å². The molecule has 0 aromatic rings. The summed E-state index contributed by atoms with van der Waals surface area (Å²) in [7, 11) is 0. The predicted octanol–water partition coefficient (Wildman–Crippen LogP) is 1.78. The van der Waals surface area contributed by atoms with Gasteiger partial charge in [-0.2, -0.15) is 0 Å². The van der Waals surface area contributed by atoms with Crippen LogP contribution in [0.4, 0.5) is 0 Å². The third-order valence-electron chi connectivity index (χ3n) is 3.61. The van der Waals surface area contributed by atoms with E-state index < -0.39 is 5.60 Å². The molecule has 2 nitrogen and oxygen atoms in total. The van der Waals surface area contributed by atoms with Gasteiger partial charge in [0.2, 0.25) is 0 Å². The smallest absolute Gasteiger partial charge is 0.0707 e. The normalized spacial score (nSPS) is 29.8. The van der Waals surface area contributed by atoms with Gasteiger partial charge >= 0.3 is 0 Å². The fourth-order valence-corrected chi connectivity index (χ4v) is 1.94. The molecule has 0 aliphatic carbocycles. The maximum Gasteiger partial charge on any atom is 0.0707 e. The summed E-state index contributed by atoms with van der Waals surface area (Å²) < 4.78 is 0. The van der Waals surface area contributed by atoms with Gasteiger partial charge in [-0.15, -0.1) is 0 Å². The Kier molecular flexibility index (Phi) is 3.03. The third-order valence-corrected chi connectivity index (χ3v) is 3.61. The molecule has 0 bridgehead atoms. The maximum atomic E-state index is 10.4. The fourth-order valence-electron chi connectivity index (χ4n) is 1.94. The van der Waals surface area contributed by atoms with Crippen LogP contribution in [0, 0.1) is 11.3 Å². The summed E-state index contributed by atoms with van der Waals surface area (Å²) in [6.45, 7) is 10.4. The van der Waals surface area contributed by atoms with Crippen LogP contribution in [0.5, 0.6) is 0 Å². The number of rotatable bonds is 1. The van der Waals surface area contributed by atoms with Gasteiger partial charge in [0.25, 0.3) is 0 Å². The van der Waals surface area contributed by atoms with E-state index in [1.165, 1.54) is 6.42 Å². The number of hydrogen-bond donors (Lipinski definition) is 2. The Morgan fingerprint density at radius 1 is 1.23 bits per heavy atom. The molecular weight excluding hydrogens is 162 g/mol. The van der Waals surface area contributed by atoms with Gasteiger partial charge in [0, 0.05) is 12.5 Å². The quantitative estimate of drug-likeness (QED) is 0.652. The zero-order chi connectivity index (χ0) is 10.1. The van der Waals surface area contributed by atoms with Crippen LogP contribution in [0.1, 0.15) is 40.5 Å². The summed E-state index contributed by atoms with van der Waals surface area (Å²) in [6.07, 6.45) is 2.34. The van der Waals surface area contributed by atoms with E-state index in [2.05, 4.69) is 26.1 Å². The Labute approximate surface area is 81.7 Å². The van der Waals surface area contributed by atoms with Crippen molar-refractivity contribution in [1.82, 2.24) is 5.32 Å². The molecule has 1 fully saturated rings. The van der Waals surface area contributed by atoms with Crippen LogP contribution in [0.2, 0.25) is 0 Å². The van der Waals surface area contributed by atoms with Crippen LogP contribution in [-0.4, -0.2) is 23.8 Å². The predicted molar refractivity (Wildman–Crippen MR) is 55.7 cm³/mol. The molecule has 0 saturated carbocycles. The van der Waals surface area contributed by atoms with E-state index >= 15 is 0 Å². The molecule has 2 atom stereocenters. The highest BCUT2D eigenvalue weighted by atomic mass is 16.3. The Bertz CT molecular complexity index is 163. The van der Waals surface area contributed by atoms with Gasteiger partial charge in [-0.3, -0.25) is 0 Å². The zero-order valence-corrected chi connectivity index (χ0v) is 9.35. The molecule has 1 aliphatic heterocycles. The lowest BCUT2D eigenvalue weighted by atomic mass is 9.68. The number of hydrogen-bond acceptors (Lipinski definition) is 2. The van der Waals surface area contributed by atoms with E-state index in [0.717, 1.165) is 19.5 Å². The molecule has 1 rings (SSSR count). The Hall–Kier alpha value is -0.0800. The first kappa shape index (κ1) is 11.0. The minimum Gasteiger partial charge on any atom is -0.389 e. The Morgan fingerprint density at radius 3 is 2.23 bits per heavy atom. The number of aliphatic hydroxyl groups is 1. The number of nitrogens with one attached hydrogen (secondary N) is 1. The van der Waals surface area contributed by atoms with Crippen LogP contribution in [0.15, 0.2) is 0 Å². The molecule has 0 amide bonds. The molecule has 78 valence electrons. The first-order chi connectivity index (χ1) is 5.86. The first-order valence-corrected chi connectivity index (χ1v) is 5.29. The monoisotopic (exact) mass is 185 g/mol. The molecule has 13 heavy (non-hydrogen) atoms. The van der Waals surface area contributed by atoms with Crippen molar-refractivity contribution in [2.24, 2.45) is 11.3 Å². The summed E-state index contributed by atoms with van der Waals surface area (Å²) in [5, 5.41) is 13.8. The molecule has 1 aliphatic rings. The average Bonchev–Trinajstić information content (AvgIpc) is 2.04. The van der Waals surface area contributed by atoms with Crippen molar-refractivity contribution in [3.63, 3.8) is 0 Å². The van der Waals surface area contributed by atoms with Crippen molar-refractivity contribution in [2.45, 2.75) is 46.1 Å². The van der Waals surface area contributed by atoms with Crippen LogP contribution in [0.25, 0.3) is 0 Å². The van der Waals surface area contributed by atoms with E-state index in [9.17, 15) is 5.11 Å². The lowest BCUT2D eigenvalue weighted by molar-refractivity contribution is -0.0947. The van der Waals surface area contributed by atoms with Gasteiger partial charge in [0.15, 0.2) is 0 Å². The standard InChI is InChI=1S/C11H23NO/c1-10(2,3)11(4,13)9-6-5-7-12-8-9/h9,12-13H,5-8H2,1-4H3. The fraction of sp³-hybridized carbons (Fsp3) is 1.00. The third kappa shape index (κ3) is 2.23. The average molecular weight is 185 g/mol. The molecule has 0 spiro atoms. The molecule has 1 heterocycles. The Balaban J connectivity index is 2.67. The Morgan fingerprint density at radius 2 is 1.85 bits per heavy atom. The number of piperidine rings is 1. The van der Waals surface area contributed by atoms with Crippen molar-refractivity contribution in [1.29, 1.82) is 0 Å². The van der Waals surface area contributed by atoms with Gasteiger partial charge in [-0.25, -0.2) is 0 Å². The first-order valence-electron chi connectivity index (χ1n) is 5.29. The van der Waals surface area contributed by atoms with Crippen molar-refractivity contribution >= 4 is 0 Å². The van der Waals surface area contributed by atoms with Gasteiger partial charge in [-0.05, 0) is 31.7 Å². The minimum absolute atomic E-state index is 0.0311. The molecule has 0 radical (unpaired) electrons. The van der Waals surface area contributed by atoms with Crippen molar-refractivity contribution in [3.8, 4) is 0 Å². The molecule has 2 unspecified atom stereocenters. The van der Waals surface area contributed by atoms with E-state index in [0.29, 0.717) is 5.92 Å². The lowest BCUT2D eigenvalue weighted by Gasteiger charge is -2.45. The van der Waals surface area contributed by atoms with Crippen LogP contribution < -0.4 is 5.32 Å². The van der Waals surface area contributed by atoms with Crippen LogP contribution >= 0.6 is 0 Å². The summed E-state index contributed by atoms with van der Waals surface area (Å²) in [5.41, 5.74) is -0.586. The summed E-state index contributed by atoms with van der Waals surface area (Å²) >= 11 is 0. The second-order valence-corrected chi connectivity index (χ2v) is 5.44. The van der Waals surface area contributed by atoms with Crippen LogP contribution in [0.3, 0.4) is 0 Å². The SMILES string of the molecule is CC(C)(C)C(C)(O)C1CCCNC1. The van der Waals surface area contributed by atoms with Gasteiger partial charge in [0.05, 0.1) is 5.60 Å². The highest BCUT2D eigenvalue weighted by Gasteiger charge is 2.42. The zero-order valence-electron chi connectivity index (χ0n) is 9.35. The van der Waals surface area contributed by atoms with E-state index in [1.807, 2.05) is 6.92 Å².